The second kappa shape index (κ2) is 10.6. The van der Waals surface area contributed by atoms with Crippen LogP contribution in [-0.2, 0) is 6.54 Å². The summed E-state index contributed by atoms with van der Waals surface area (Å²) in [4.78, 5) is 21.4. The summed E-state index contributed by atoms with van der Waals surface area (Å²) < 4.78 is 15.8. The highest BCUT2D eigenvalue weighted by atomic mass is 16.5. The highest BCUT2D eigenvalue weighted by Crippen LogP contribution is 2.29. The summed E-state index contributed by atoms with van der Waals surface area (Å²) in [6, 6.07) is 16.0. The number of guanidine groups is 1. The van der Waals surface area contributed by atoms with Gasteiger partial charge in [0.2, 0.25) is 5.96 Å². The highest BCUT2D eigenvalue weighted by Gasteiger charge is 2.12. The molecular weight excluding hydrogens is 396 g/mol. The Labute approximate surface area is 180 Å². The number of nitrogens with one attached hydrogen (secondary N) is 2. The summed E-state index contributed by atoms with van der Waals surface area (Å²) in [5.41, 5.74) is 2.08. The van der Waals surface area contributed by atoms with Gasteiger partial charge >= 0.3 is 0 Å². The first-order valence-electron chi connectivity index (χ1n) is 9.50. The number of methoxy groups -OCH3 is 3. The maximum absolute atomic E-state index is 12.8. The number of hydrogen-bond acceptors (Lipinski definition) is 6. The highest BCUT2D eigenvalue weighted by molar-refractivity contribution is 6.10. The van der Waals surface area contributed by atoms with E-state index in [4.69, 9.17) is 14.2 Å². The van der Waals surface area contributed by atoms with Crippen LogP contribution in [0.5, 0.6) is 17.2 Å². The zero-order chi connectivity index (χ0) is 22.1. The molecule has 3 aromatic rings. The number of anilines is 1. The Bertz CT molecular complexity index is 1050. The lowest BCUT2D eigenvalue weighted by molar-refractivity contribution is 0.0976. The van der Waals surface area contributed by atoms with Crippen LogP contribution < -0.4 is 24.8 Å². The summed E-state index contributed by atoms with van der Waals surface area (Å²) in [6.45, 7) is 0.358. The average molecular weight is 420 g/mol. The average Bonchev–Trinajstić information content (AvgIpc) is 2.83. The van der Waals surface area contributed by atoms with Crippen molar-refractivity contribution in [2.75, 3.05) is 26.6 Å². The third kappa shape index (κ3) is 5.96. The number of ether oxygens (including phenoxy) is 3. The quantitative estimate of drug-likeness (QED) is 0.449. The maximum Gasteiger partial charge on any atom is 0.258 e. The lowest BCUT2D eigenvalue weighted by Crippen LogP contribution is -2.36. The Morgan fingerprint density at radius 2 is 1.71 bits per heavy atom. The molecule has 31 heavy (non-hydrogen) atoms. The van der Waals surface area contributed by atoms with Crippen molar-refractivity contribution in [2.45, 2.75) is 6.54 Å². The van der Waals surface area contributed by atoms with Gasteiger partial charge in [0, 0.05) is 29.7 Å². The predicted molar refractivity (Wildman–Crippen MR) is 119 cm³/mol. The number of benzene rings is 2. The van der Waals surface area contributed by atoms with Crippen molar-refractivity contribution in [2.24, 2.45) is 4.99 Å². The van der Waals surface area contributed by atoms with E-state index in [-0.39, 0.29) is 11.9 Å². The van der Waals surface area contributed by atoms with Gasteiger partial charge in [0.1, 0.15) is 5.75 Å². The van der Waals surface area contributed by atoms with Gasteiger partial charge in [-0.25, -0.2) is 4.99 Å². The van der Waals surface area contributed by atoms with E-state index in [2.05, 4.69) is 20.6 Å². The van der Waals surface area contributed by atoms with Crippen molar-refractivity contribution in [1.29, 1.82) is 0 Å². The second-order valence-corrected chi connectivity index (χ2v) is 6.40. The normalized spacial score (nSPS) is 10.9. The SMILES string of the molecule is COc1cccc(C(=O)NC(=NCc2ccncc2)Nc2ccc(OC)c(OC)c2)c1. The molecule has 0 aliphatic heterocycles. The van der Waals surface area contributed by atoms with Gasteiger partial charge in [-0.15, -0.1) is 0 Å². The van der Waals surface area contributed by atoms with Crippen LogP contribution in [0.4, 0.5) is 5.69 Å². The first kappa shape index (κ1) is 21.6. The number of carbonyl (C=O) groups excluding carboxylic acids is 1. The number of carbonyl (C=O) groups is 1. The molecule has 0 bridgehead atoms. The van der Waals surface area contributed by atoms with E-state index < -0.39 is 0 Å². The fourth-order valence-corrected chi connectivity index (χ4v) is 2.76. The van der Waals surface area contributed by atoms with E-state index in [1.165, 1.54) is 0 Å². The van der Waals surface area contributed by atoms with E-state index in [1.807, 2.05) is 12.1 Å². The van der Waals surface area contributed by atoms with Crippen molar-refractivity contribution >= 4 is 17.6 Å². The number of aromatic nitrogens is 1. The number of aliphatic imine (C=N–C) groups is 1. The van der Waals surface area contributed by atoms with Crippen LogP contribution in [0.15, 0.2) is 72.0 Å². The molecule has 2 N–H and O–H groups in total. The number of rotatable bonds is 7. The van der Waals surface area contributed by atoms with E-state index in [9.17, 15) is 4.79 Å². The van der Waals surface area contributed by atoms with Gasteiger partial charge in [-0.1, -0.05) is 6.07 Å². The number of amides is 1. The Balaban J connectivity index is 1.84. The fraction of sp³-hybridized carbons (Fsp3) is 0.174. The molecular formula is C23H24N4O4. The lowest BCUT2D eigenvalue weighted by Gasteiger charge is -2.14. The molecule has 0 unspecified atom stereocenters. The molecule has 3 rings (SSSR count). The largest absolute Gasteiger partial charge is 0.497 e. The minimum atomic E-state index is -0.319. The minimum absolute atomic E-state index is 0.289. The molecule has 0 saturated heterocycles. The van der Waals surface area contributed by atoms with Gasteiger partial charge in [-0.05, 0) is 48.0 Å². The van der Waals surface area contributed by atoms with Gasteiger partial charge in [0.15, 0.2) is 11.5 Å². The summed E-state index contributed by atoms with van der Waals surface area (Å²) in [6.07, 6.45) is 3.39. The molecule has 160 valence electrons. The molecule has 2 aromatic carbocycles. The van der Waals surface area contributed by atoms with Crippen LogP contribution in [0.3, 0.4) is 0 Å². The number of hydrogen-bond donors (Lipinski definition) is 2. The standard InChI is InChI=1S/C23H24N4O4/c1-29-19-6-4-5-17(13-19)22(28)27-23(25-15-16-9-11-24-12-10-16)26-18-7-8-20(30-2)21(14-18)31-3/h4-14H,15H2,1-3H3,(H2,25,26,27,28). The zero-order valence-corrected chi connectivity index (χ0v) is 17.6. The Morgan fingerprint density at radius 1 is 0.935 bits per heavy atom. The van der Waals surface area contributed by atoms with Crippen LogP contribution in [0.2, 0.25) is 0 Å². The molecule has 0 fully saturated rings. The molecule has 0 radical (unpaired) electrons. The summed E-state index contributed by atoms with van der Waals surface area (Å²) >= 11 is 0. The molecule has 1 amide bonds. The molecule has 1 aromatic heterocycles. The summed E-state index contributed by atoms with van der Waals surface area (Å²) in [7, 11) is 4.68. The Morgan fingerprint density at radius 3 is 2.42 bits per heavy atom. The zero-order valence-electron chi connectivity index (χ0n) is 17.6. The summed E-state index contributed by atoms with van der Waals surface area (Å²) in [5.74, 6) is 1.72. The number of nitrogens with zero attached hydrogens (tertiary/aromatic N) is 2. The monoisotopic (exact) mass is 420 g/mol. The second-order valence-electron chi connectivity index (χ2n) is 6.40. The van der Waals surface area contributed by atoms with Gasteiger partial charge < -0.3 is 19.5 Å². The van der Waals surface area contributed by atoms with Crippen molar-refractivity contribution in [3.05, 3.63) is 78.1 Å². The first-order valence-corrected chi connectivity index (χ1v) is 9.50. The molecule has 8 nitrogen and oxygen atoms in total. The Kier molecular flexibility index (Phi) is 7.42. The van der Waals surface area contributed by atoms with Gasteiger partial charge in [-0.3, -0.25) is 15.1 Å². The minimum Gasteiger partial charge on any atom is -0.497 e. The van der Waals surface area contributed by atoms with E-state index >= 15 is 0 Å². The molecule has 0 atom stereocenters. The third-order valence-electron chi connectivity index (χ3n) is 4.38. The van der Waals surface area contributed by atoms with E-state index in [0.717, 1.165) is 5.56 Å². The van der Waals surface area contributed by atoms with Gasteiger partial charge in [0.05, 0.1) is 27.9 Å². The predicted octanol–water partition coefficient (Wildman–Crippen LogP) is 3.51. The van der Waals surface area contributed by atoms with Crippen LogP contribution in [-0.4, -0.2) is 38.2 Å². The molecule has 0 saturated carbocycles. The topological polar surface area (TPSA) is 94.1 Å². The molecule has 0 aliphatic carbocycles. The van der Waals surface area contributed by atoms with Gasteiger partial charge in [0.25, 0.3) is 5.91 Å². The smallest absolute Gasteiger partial charge is 0.258 e. The number of pyridine rings is 1. The van der Waals surface area contributed by atoms with E-state index in [1.54, 1.807) is 76.2 Å². The van der Waals surface area contributed by atoms with E-state index in [0.29, 0.717) is 35.0 Å². The molecule has 0 aliphatic rings. The van der Waals surface area contributed by atoms with Crippen LogP contribution in [0.1, 0.15) is 15.9 Å². The fourth-order valence-electron chi connectivity index (χ4n) is 2.76. The van der Waals surface area contributed by atoms with Crippen LogP contribution in [0.25, 0.3) is 0 Å². The van der Waals surface area contributed by atoms with Crippen LogP contribution >= 0.6 is 0 Å². The molecule has 1 heterocycles. The molecule has 8 heteroatoms. The first-order chi connectivity index (χ1) is 15.1. The van der Waals surface area contributed by atoms with Crippen molar-refractivity contribution < 1.29 is 19.0 Å². The van der Waals surface area contributed by atoms with Gasteiger partial charge in [-0.2, -0.15) is 0 Å². The maximum atomic E-state index is 12.8. The molecule has 0 spiro atoms. The van der Waals surface area contributed by atoms with Crippen molar-refractivity contribution in [3.63, 3.8) is 0 Å². The van der Waals surface area contributed by atoms with Crippen molar-refractivity contribution in [3.8, 4) is 17.2 Å². The summed E-state index contributed by atoms with van der Waals surface area (Å²) in [5, 5.41) is 5.97. The third-order valence-corrected chi connectivity index (χ3v) is 4.38. The van der Waals surface area contributed by atoms with Crippen molar-refractivity contribution in [1.82, 2.24) is 10.3 Å². The van der Waals surface area contributed by atoms with Crippen LogP contribution in [0, 0.1) is 0 Å². The lowest BCUT2D eigenvalue weighted by atomic mass is 10.2. The Hall–Kier alpha value is -4.07.